The maximum Gasteiger partial charge on any atom is 0.418 e. The number of urea groups is 1. The van der Waals surface area contributed by atoms with Gasteiger partial charge in [0.05, 0.1) is 33.5 Å². The Morgan fingerprint density at radius 2 is 1.81 bits per heavy atom. The Bertz CT molecular complexity index is 1920. The number of carbonyl (C=O) groups excluding carboxylic acids is 2. The molecule has 1 unspecified atom stereocenters. The summed E-state index contributed by atoms with van der Waals surface area (Å²) >= 11 is 6.27. The summed E-state index contributed by atoms with van der Waals surface area (Å²) in [5.74, 6) is -0.0300. The number of carbonyl (C=O) groups is 2. The predicted octanol–water partition coefficient (Wildman–Crippen LogP) is 6.97. The highest BCUT2D eigenvalue weighted by atomic mass is 35.5. The zero-order valence-electron chi connectivity index (χ0n) is 29.0. The number of nitrogens with two attached hydrogens (primary N) is 1. The summed E-state index contributed by atoms with van der Waals surface area (Å²) in [5.41, 5.74) is 8.05. The first-order valence-electron chi connectivity index (χ1n) is 18.2. The molecule has 0 spiro atoms. The summed E-state index contributed by atoms with van der Waals surface area (Å²) in [6.07, 6.45) is 4.09. The second kappa shape index (κ2) is 15.3. The number of halogens is 4. The Labute approximate surface area is 306 Å². The lowest BCUT2D eigenvalue weighted by Gasteiger charge is -2.38. The average Bonchev–Trinajstić information content (AvgIpc) is 3.74. The van der Waals surface area contributed by atoms with Crippen LogP contribution in [0.15, 0.2) is 54.9 Å². The lowest BCUT2D eigenvalue weighted by Crippen LogP contribution is -2.50. The molecule has 0 bridgehead atoms. The largest absolute Gasteiger partial charge is 0.418 e. The van der Waals surface area contributed by atoms with E-state index in [9.17, 15) is 22.8 Å². The molecule has 3 N–H and O–H groups in total. The van der Waals surface area contributed by atoms with E-state index in [2.05, 4.69) is 19.8 Å². The fourth-order valence-electron chi connectivity index (χ4n) is 8.06. The molecule has 0 radical (unpaired) electrons. The van der Waals surface area contributed by atoms with Crippen LogP contribution in [-0.2, 0) is 30.4 Å². The van der Waals surface area contributed by atoms with Crippen LogP contribution in [0.25, 0.3) is 11.0 Å². The molecule has 10 nitrogen and oxygen atoms in total. The average molecular weight is 737 g/mol. The second-order valence-electron chi connectivity index (χ2n) is 14.2. The number of imidazole rings is 1. The molecule has 2 fully saturated rings. The van der Waals surface area contributed by atoms with Gasteiger partial charge in [0.2, 0.25) is 5.91 Å². The Morgan fingerprint density at radius 1 is 1.04 bits per heavy atom. The molecule has 2 saturated heterocycles. The van der Waals surface area contributed by atoms with E-state index in [0.717, 1.165) is 55.3 Å². The molecule has 0 aliphatic carbocycles. The van der Waals surface area contributed by atoms with Crippen molar-refractivity contribution in [2.75, 3.05) is 50.3 Å². The van der Waals surface area contributed by atoms with Crippen molar-refractivity contribution in [3.05, 3.63) is 82.4 Å². The van der Waals surface area contributed by atoms with Crippen molar-refractivity contribution in [1.82, 2.24) is 29.2 Å². The molecule has 3 amide bonds. The monoisotopic (exact) mass is 736 g/mol. The Hall–Kier alpha value is -4.36. The summed E-state index contributed by atoms with van der Waals surface area (Å²) in [6, 6.07) is 12.0. The molecule has 52 heavy (non-hydrogen) atoms. The normalized spacial score (nSPS) is 18.0. The molecule has 7 rings (SSSR count). The van der Waals surface area contributed by atoms with Crippen molar-refractivity contribution in [3.8, 4) is 0 Å². The van der Waals surface area contributed by atoms with Gasteiger partial charge in [0, 0.05) is 56.4 Å². The number of benzene rings is 2. The number of aromatic nitrogens is 3. The number of nitrogen functional groups attached to an aromatic ring is 1. The number of likely N-dealkylation sites (tertiary alicyclic amines) is 2. The van der Waals surface area contributed by atoms with Crippen LogP contribution in [-0.4, -0.2) is 86.5 Å². The van der Waals surface area contributed by atoms with Crippen LogP contribution in [0, 0.1) is 0 Å². The molecule has 5 heterocycles. The van der Waals surface area contributed by atoms with E-state index in [1.807, 2.05) is 40.1 Å². The third kappa shape index (κ3) is 7.85. The van der Waals surface area contributed by atoms with Gasteiger partial charge in [-0.1, -0.05) is 29.8 Å². The van der Waals surface area contributed by atoms with Crippen molar-refractivity contribution in [2.45, 2.75) is 76.0 Å². The number of rotatable bonds is 10. The molecule has 14 heteroatoms. The lowest BCUT2D eigenvalue weighted by atomic mass is 9.92. The number of aryl methyl sites for hydroxylation is 1. The molecule has 1 atom stereocenters. The standard InChI is InChI=1S/C38H44ClF3N8O2/c39-30-22-25(21-29(35(30)43)38(40,41)42)20-27(36-45-32-8-12-44-24-33(32)50(36)16-5-15-47-13-3-4-14-47)23-34(51)48-17-10-28(11-18-48)49-19-9-26-6-1-2-7-31(26)46-37(49)52/h1-2,6-8,12,21-22,24,27-28H,3-5,9-11,13-20,23,43H2,(H,46,52). The van der Waals surface area contributed by atoms with Crippen LogP contribution in [0.3, 0.4) is 0 Å². The number of alkyl halides is 3. The van der Waals surface area contributed by atoms with Gasteiger partial charge in [-0.2, -0.15) is 13.2 Å². The third-order valence-corrected chi connectivity index (χ3v) is 11.1. The van der Waals surface area contributed by atoms with Crippen molar-refractivity contribution in [3.63, 3.8) is 0 Å². The maximum absolute atomic E-state index is 14.1. The van der Waals surface area contributed by atoms with Crippen LogP contribution in [0.5, 0.6) is 0 Å². The first-order chi connectivity index (χ1) is 25.0. The van der Waals surface area contributed by atoms with Crippen molar-refractivity contribution < 1.29 is 22.8 Å². The van der Waals surface area contributed by atoms with E-state index >= 15 is 0 Å². The second-order valence-corrected chi connectivity index (χ2v) is 14.6. The molecule has 2 aromatic carbocycles. The smallest absolute Gasteiger partial charge is 0.397 e. The number of amides is 3. The number of anilines is 2. The molecule has 0 saturated carbocycles. The van der Waals surface area contributed by atoms with Crippen LogP contribution in [0.4, 0.5) is 29.3 Å². The zero-order valence-corrected chi connectivity index (χ0v) is 29.8. The lowest BCUT2D eigenvalue weighted by molar-refractivity contribution is -0.137. The fraction of sp³-hybridized carbons (Fsp3) is 0.474. The summed E-state index contributed by atoms with van der Waals surface area (Å²) < 4.78 is 44.1. The molecule has 276 valence electrons. The van der Waals surface area contributed by atoms with Crippen LogP contribution in [0.1, 0.15) is 67.0 Å². The summed E-state index contributed by atoms with van der Waals surface area (Å²) in [5, 5.41) is 2.86. The molecule has 2 aromatic heterocycles. The van der Waals surface area contributed by atoms with E-state index in [0.29, 0.717) is 55.9 Å². The van der Waals surface area contributed by atoms with Crippen LogP contribution in [0.2, 0.25) is 5.02 Å². The third-order valence-electron chi connectivity index (χ3n) is 10.8. The minimum absolute atomic E-state index is 0.0147. The first-order valence-corrected chi connectivity index (χ1v) is 18.5. The number of nitrogens with zero attached hydrogens (tertiary/aromatic N) is 6. The van der Waals surface area contributed by atoms with Gasteiger partial charge >= 0.3 is 12.2 Å². The highest BCUT2D eigenvalue weighted by Gasteiger charge is 2.36. The number of para-hydroxylation sites is 1. The van der Waals surface area contributed by atoms with Gasteiger partial charge < -0.3 is 30.3 Å². The SMILES string of the molecule is Nc1c(Cl)cc(CC(CC(=O)N2CCC(N3CCc4ccccc4NC3=O)CC2)c2nc3ccncc3n2CCCN2CCCC2)cc1C(F)(F)F. The van der Waals surface area contributed by atoms with Gasteiger partial charge in [-0.05, 0) is 100.0 Å². The number of pyridine rings is 1. The highest BCUT2D eigenvalue weighted by molar-refractivity contribution is 6.33. The van der Waals surface area contributed by atoms with Crippen molar-refractivity contribution in [2.24, 2.45) is 0 Å². The molecule has 3 aliphatic rings. The van der Waals surface area contributed by atoms with Gasteiger partial charge in [-0.25, -0.2) is 9.78 Å². The zero-order chi connectivity index (χ0) is 36.4. The molecule has 3 aliphatic heterocycles. The number of piperidine rings is 1. The summed E-state index contributed by atoms with van der Waals surface area (Å²) in [7, 11) is 0. The minimum atomic E-state index is -4.69. The van der Waals surface area contributed by atoms with Gasteiger partial charge in [-0.3, -0.25) is 9.78 Å². The van der Waals surface area contributed by atoms with E-state index in [4.69, 9.17) is 22.3 Å². The van der Waals surface area contributed by atoms with Gasteiger partial charge in [-0.15, -0.1) is 0 Å². The molecular formula is C38H44ClF3N8O2. The fourth-order valence-corrected chi connectivity index (χ4v) is 8.31. The van der Waals surface area contributed by atoms with Crippen LogP contribution >= 0.6 is 11.6 Å². The highest BCUT2D eigenvalue weighted by Crippen LogP contribution is 2.39. The minimum Gasteiger partial charge on any atom is -0.397 e. The Morgan fingerprint density at radius 3 is 2.58 bits per heavy atom. The van der Waals surface area contributed by atoms with Crippen molar-refractivity contribution >= 4 is 45.9 Å². The van der Waals surface area contributed by atoms with Crippen molar-refractivity contribution in [1.29, 1.82) is 0 Å². The first kappa shape index (κ1) is 36.0. The summed E-state index contributed by atoms with van der Waals surface area (Å²) in [4.78, 5) is 42.8. The summed E-state index contributed by atoms with van der Waals surface area (Å²) in [6.45, 7) is 5.22. The topological polar surface area (TPSA) is 113 Å². The van der Waals surface area contributed by atoms with Crippen LogP contribution < -0.4 is 11.1 Å². The maximum atomic E-state index is 14.1. The van der Waals surface area contributed by atoms with E-state index < -0.39 is 23.3 Å². The quantitative estimate of drug-likeness (QED) is 0.170. The molecule has 4 aromatic rings. The predicted molar refractivity (Wildman–Crippen MR) is 195 cm³/mol. The van der Waals surface area contributed by atoms with Gasteiger partial charge in [0.25, 0.3) is 0 Å². The number of hydrogen-bond acceptors (Lipinski definition) is 6. The van der Waals surface area contributed by atoms with Gasteiger partial charge in [0.15, 0.2) is 0 Å². The number of hydrogen-bond donors (Lipinski definition) is 2. The molecular weight excluding hydrogens is 693 g/mol. The Kier molecular flexibility index (Phi) is 10.6. The van der Waals surface area contributed by atoms with E-state index in [-0.39, 0.29) is 35.8 Å². The number of nitrogens with one attached hydrogen (secondary N) is 1. The Balaban J connectivity index is 1.12. The number of fused-ring (bicyclic) bond motifs is 2. The van der Waals surface area contributed by atoms with Gasteiger partial charge in [0.1, 0.15) is 5.82 Å². The van der Waals surface area contributed by atoms with E-state index in [1.165, 1.54) is 18.9 Å². The van der Waals surface area contributed by atoms with E-state index in [1.54, 1.807) is 12.4 Å².